The van der Waals surface area contributed by atoms with Crippen LogP contribution in [0.25, 0.3) is 11.3 Å². The molecule has 2 aromatic carbocycles. The van der Waals surface area contributed by atoms with Gasteiger partial charge in [-0.05, 0) is 31.2 Å². The van der Waals surface area contributed by atoms with E-state index >= 15 is 0 Å². The second-order valence-corrected chi connectivity index (χ2v) is 6.13. The van der Waals surface area contributed by atoms with Gasteiger partial charge < -0.3 is 9.84 Å². The largest absolute Gasteiger partial charge is 0.494 e. The minimum atomic E-state index is -0.412. The van der Waals surface area contributed by atoms with E-state index in [1.54, 1.807) is 24.8 Å². The van der Waals surface area contributed by atoms with Crippen molar-refractivity contribution in [2.45, 2.75) is 16.7 Å². The van der Waals surface area contributed by atoms with Crippen LogP contribution < -0.4 is 0 Å². The highest BCUT2D eigenvalue weighted by atomic mass is 32.2. The highest BCUT2D eigenvalue weighted by Crippen LogP contribution is 2.32. The summed E-state index contributed by atoms with van der Waals surface area (Å²) in [6.45, 7) is 2.06. The summed E-state index contributed by atoms with van der Waals surface area (Å²) < 4.78 is 5.15. The van der Waals surface area contributed by atoms with Gasteiger partial charge in [-0.15, -0.1) is 0 Å². The SMILES string of the molecule is CCOC(=O)c1cc(Sc2ccccc2)ccc1-c1cc(O)[nH]n1. The Morgan fingerprint density at radius 3 is 2.62 bits per heavy atom. The number of esters is 1. The van der Waals surface area contributed by atoms with Gasteiger partial charge in [0.15, 0.2) is 0 Å². The molecule has 0 fully saturated rings. The summed E-state index contributed by atoms with van der Waals surface area (Å²) in [6, 6.07) is 16.9. The lowest BCUT2D eigenvalue weighted by molar-refractivity contribution is 0.0527. The first-order chi connectivity index (χ1) is 11.7. The van der Waals surface area contributed by atoms with E-state index in [1.807, 2.05) is 42.5 Å². The maximum Gasteiger partial charge on any atom is 0.338 e. The summed E-state index contributed by atoms with van der Waals surface area (Å²) >= 11 is 1.56. The van der Waals surface area contributed by atoms with Crippen LogP contribution >= 0.6 is 11.8 Å². The average molecular weight is 340 g/mol. The zero-order valence-corrected chi connectivity index (χ0v) is 13.8. The highest BCUT2D eigenvalue weighted by Gasteiger charge is 2.17. The Kier molecular flexibility index (Phi) is 4.86. The lowest BCUT2D eigenvalue weighted by Gasteiger charge is -2.09. The fourth-order valence-electron chi connectivity index (χ4n) is 2.26. The number of H-pyrrole nitrogens is 1. The number of benzene rings is 2. The monoisotopic (exact) mass is 340 g/mol. The van der Waals surface area contributed by atoms with Crippen molar-refractivity contribution < 1.29 is 14.6 Å². The molecule has 5 nitrogen and oxygen atoms in total. The van der Waals surface area contributed by atoms with Gasteiger partial charge in [-0.3, -0.25) is 0 Å². The number of nitrogens with one attached hydrogen (secondary N) is 1. The molecule has 0 amide bonds. The van der Waals surface area contributed by atoms with Crippen molar-refractivity contribution in [1.29, 1.82) is 0 Å². The topological polar surface area (TPSA) is 75.2 Å². The molecular formula is C18H16N2O3S. The van der Waals surface area contributed by atoms with E-state index in [4.69, 9.17) is 4.74 Å². The first-order valence-electron chi connectivity index (χ1n) is 7.46. The van der Waals surface area contributed by atoms with Crippen LogP contribution in [0.4, 0.5) is 0 Å². The number of hydrogen-bond acceptors (Lipinski definition) is 5. The first kappa shape index (κ1) is 16.1. The fourth-order valence-corrected chi connectivity index (χ4v) is 3.14. The third kappa shape index (κ3) is 3.60. The van der Waals surface area contributed by atoms with E-state index in [0.29, 0.717) is 23.4 Å². The molecule has 0 atom stereocenters. The lowest BCUT2D eigenvalue weighted by Crippen LogP contribution is -2.06. The number of aromatic nitrogens is 2. The molecule has 0 spiro atoms. The van der Waals surface area contributed by atoms with E-state index in [1.165, 1.54) is 6.07 Å². The smallest absolute Gasteiger partial charge is 0.338 e. The number of ether oxygens (including phenoxy) is 1. The Bertz CT molecular complexity index is 846. The van der Waals surface area contributed by atoms with Gasteiger partial charge in [-0.25, -0.2) is 9.89 Å². The van der Waals surface area contributed by atoms with E-state index in [-0.39, 0.29) is 5.88 Å². The molecule has 0 radical (unpaired) electrons. The Balaban J connectivity index is 1.99. The predicted octanol–water partition coefficient (Wildman–Crippen LogP) is 4.11. The number of aromatic amines is 1. The number of carbonyl (C=O) groups is 1. The van der Waals surface area contributed by atoms with Crippen molar-refractivity contribution in [2.75, 3.05) is 6.61 Å². The van der Waals surface area contributed by atoms with Gasteiger partial charge in [0, 0.05) is 21.4 Å². The zero-order valence-electron chi connectivity index (χ0n) is 13.0. The molecule has 0 saturated heterocycles. The van der Waals surface area contributed by atoms with Crippen LogP contribution in [0.2, 0.25) is 0 Å². The molecule has 0 unspecified atom stereocenters. The fraction of sp³-hybridized carbons (Fsp3) is 0.111. The molecular weight excluding hydrogens is 324 g/mol. The standard InChI is InChI=1S/C18H16N2O3S/c1-2-23-18(22)15-10-13(24-12-6-4-3-5-7-12)8-9-14(15)16-11-17(21)20-19-16/h3-11H,2H2,1H3,(H2,19,20,21). The summed E-state index contributed by atoms with van der Waals surface area (Å²) in [5.41, 5.74) is 1.53. The summed E-state index contributed by atoms with van der Waals surface area (Å²) in [4.78, 5) is 14.3. The molecule has 3 aromatic rings. The van der Waals surface area contributed by atoms with Crippen molar-refractivity contribution >= 4 is 17.7 Å². The predicted molar refractivity (Wildman–Crippen MR) is 92.2 cm³/mol. The molecule has 0 aliphatic heterocycles. The maximum atomic E-state index is 12.3. The quantitative estimate of drug-likeness (QED) is 0.684. The van der Waals surface area contributed by atoms with Gasteiger partial charge in [0.2, 0.25) is 5.88 Å². The Morgan fingerprint density at radius 1 is 1.17 bits per heavy atom. The van der Waals surface area contributed by atoms with E-state index in [2.05, 4.69) is 10.2 Å². The summed E-state index contributed by atoms with van der Waals surface area (Å²) in [5, 5.41) is 15.9. The molecule has 122 valence electrons. The lowest BCUT2D eigenvalue weighted by atomic mass is 10.0. The Morgan fingerprint density at radius 2 is 1.96 bits per heavy atom. The van der Waals surface area contributed by atoms with Gasteiger partial charge >= 0.3 is 5.97 Å². The van der Waals surface area contributed by atoms with Crippen molar-refractivity contribution in [3.05, 3.63) is 60.2 Å². The molecule has 0 aliphatic rings. The molecule has 1 aromatic heterocycles. The zero-order chi connectivity index (χ0) is 16.9. The number of rotatable bonds is 5. The number of hydrogen-bond donors (Lipinski definition) is 2. The number of aromatic hydroxyl groups is 1. The summed E-state index contributed by atoms with van der Waals surface area (Å²) in [5.74, 6) is -0.465. The van der Waals surface area contributed by atoms with Crippen LogP contribution in [0.1, 0.15) is 17.3 Å². The number of nitrogens with zero attached hydrogens (tertiary/aromatic N) is 1. The molecule has 0 aliphatic carbocycles. The average Bonchev–Trinajstić information content (AvgIpc) is 3.02. The summed E-state index contributed by atoms with van der Waals surface area (Å²) in [6.07, 6.45) is 0. The van der Waals surface area contributed by atoms with Gasteiger partial charge in [-0.2, -0.15) is 5.10 Å². The highest BCUT2D eigenvalue weighted by molar-refractivity contribution is 7.99. The van der Waals surface area contributed by atoms with Crippen molar-refractivity contribution in [1.82, 2.24) is 10.2 Å². The molecule has 2 N–H and O–H groups in total. The molecule has 3 rings (SSSR count). The molecule has 1 heterocycles. The third-order valence-corrected chi connectivity index (χ3v) is 4.30. The number of carbonyl (C=O) groups excluding carboxylic acids is 1. The van der Waals surface area contributed by atoms with Gasteiger partial charge in [0.05, 0.1) is 17.9 Å². The molecule has 0 bridgehead atoms. The van der Waals surface area contributed by atoms with Gasteiger partial charge in [0.1, 0.15) is 0 Å². The minimum Gasteiger partial charge on any atom is -0.494 e. The first-order valence-corrected chi connectivity index (χ1v) is 8.28. The van der Waals surface area contributed by atoms with Crippen LogP contribution in [0.3, 0.4) is 0 Å². The maximum absolute atomic E-state index is 12.3. The van der Waals surface area contributed by atoms with E-state index in [0.717, 1.165) is 9.79 Å². The Hall–Kier alpha value is -2.73. The van der Waals surface area contributed by atoms with Gasteiger partial charge in [-0.1, -0.05) is 36.0 Å². The van der Waals surface area contributed by atoms with Crippen molar-refractivity contribution in [2.24, 2.45) is 0 Å². The third-order valence-electron chi connectivity index (χ3n) is 3.31. The minimum absolute atomic E-state index is 0.0532. The van der Waals surface area contributed by atoms with Crippen molar-refractivity contribution in [3.8, 4) is 17.1 Å². The van der Waals surface area contributed by atoms with Crippen LogP contribution in [-0.2, 0) is 4.74 Å². The van der Waals surface area contributed by atoms with Crippen LogP contribution in [0.15, 0.2) is 64.4 Å². The Labute approximate surface area is 143 Å². The molecule has 24 heavy (non-hydrogen) atoms. The normalized spacial score (nSPS) is 10.5. The van der Waals surface area contributed by atoms with Gasteiger partial charge in [0.25, 0.3) is 0 Å². The second kappa shape index (κ2) is 7.23. The van der Waals surface area contributed by atoms with E-state index < -0.39 is 5.97 Å². The van der Waals surface area contributed by atoms with E-state index in [9.17, 15) is 9.90 Å². The summed E-state index contributed by atoms with van der Waals surface area (Å²) in [7, 11) is 0. The van der Waals surface area contributed by atoms with Crippen LogP contribution in [0, 0.1) is 0 Å². The van der Waals surface area contributed by atoms with Crippen LogP contribution in [0.5, 0.6) is 5.88 Å². The van der Waals surface area contributed by atoms with Crippen LogP contribution in [-0.4, -0.2) is 27.9 Å². The molecule has 6 heteroatoms. The second-order valence-electron chi connectivity index (χ2n) is 4.98. The molecule has 0 saturated carbocycles. The van der Waals surface area contributed by atoms with Crippen molar-refractivity contribution in [3.63, 3.8) is 0 Å².